The Labute approximate surface area is 146 Å². The van der Waals surface area contributed by atoms with Crippen molar-refractivity contribution in [1.29, 1.82) is 0 Å². The van der Waals surface area contributed by atoms with Crippen LogP contribution in [0.2, 0.25) is 0 Å². The number of aromatic nitrogens is 2. The van der Waals surface area contributed by atoms with E-state index in [1.165, 1.54) is 0 Å². The number of methoxy groups -OCH3 is 2. The van der Waals surface area contributed by atoms with Crippen LogP contribution < -0.4 is 14.8 Å². The number of hydrogen-bond donors (Lipinski definition) is 1. The van der Waals surface area contributed by atoms with Crippen LogP contribution in [0.1, 0.15) is 17.0 Å². The van der Waals surface area contributed by atoms with Gasteiger partial charge in [0, 0.05) is 12.3 Å². The molecule has 0 unspecified atom stereocenters. The van der Waals surface area contributed by atoms with E-state index in [2.05, 4.69) is 10.3 Å². The maximum Gasteiger partial charge on any atom is 0.230 e. The summed E-state index contributed by atoms with van der Waals surface area (Å²) in [5, 5.41) is 2.90. The summed E-state index contributed by atoms with van der Waals surface area (Å²) in [6.45, 7) is 3.93. The highest BCUT2D eigenvalue weighted by Gasteiger charge is 2.15. The molecular weight excluding hydrogens is 318 g/mol. The molecule has 0 aliphatic carbocycles. The van der Waals surface area contributed by atoms with Gasteiger partial charge in [0.05, 0.1) is 37.7 Å². The number of carbonyl (C=O) groups is 1. The quantitative estimate of drug-likeness (QED) is 0.775. The zero-order valence-corrected chi connectivity index (χ0v) is 14.8. The SMILES string of the molecule is COc1ccc(NC(=O)Cc2c(C)nc3c(C)cccn23)c(OC)c1. The molecule has 0 bridgehead atoms. The lowest BCUT2D eigenvalue weighted by Crippen LogP contribution is -2.16. The van der Waals surface area contributed by atoms with E-state index in [-0.39, 0.29) is 12.3 Å². The molecule has 0 spiro atoms. The first kappa shape index (κ1) is 16.8. The summed E-state index contributed by atoms with van der Waals surface area (Å²) in [5.41, 5.74) is 4.30. The summed E-state index contributed by atoms with van der Waals surface area (Å²) >= 11 is 0. The first-order chi connectivity index (χ1) is 12.0. The van der Waals surface area contributed by atoms with Crippen LogP contribution in [0.4, 0.5) is 5.69 Å². The Morgan fingerprint density at radius 1 is 1.20 bits per heavy atom. The Bertz CT molecular complexity index is 931. The van der Waals surface area contributed by atoms with E-state index in [1.807, 2.05) is 36.6 Å². The van der Waals surface area contributed by atoms with Gasteiger partial charge in [-0.05, 0) is 37.6 Å². The zero-order chi connectivity index (χ0) is 18.0. The first-order valence-electron chi connectivity index (χ1n) is 7.98. The molecule has 0 aliphatic rings. The topological polar surface area (TPSA) is 64.9 Å². The lowest BCUT2D eigenvalue weighted by Gasteiger charge is -2.12. The lowest BCUT2D eigenvalue weighted by atomic mass is 10.2. The molecule has 25 heavy (non-hydrogen) atoms. The van der Waals surface area contributed by atoms with Gasteiger partial charge in [-0.25, -0.2) is 4.98 Å². The van der Waals surface area contributed by atoms with Crippen LogP contribution in [0.15, 0.2) is 36.5 Å². The molecule has 0 fully saturated rings. The van der Waals surface area contributed by atoms with Crippen LogP contribution in [0, 0.1) is 13.8 Å². The number of nitrogens with one attached hydrogen (secondary N) is 1. The Morgan fingerprint density at radius 3 is 2.72 bits per heavy atom. The van der Waals surface area contributed by atoms with Gasteiger partial charge in [0.1, 0.15) is 17.1 Å². The number of hydrogen-bond acceptors (Lipinski definition) is 4. The van der Waals surface area contributed by atoms with Crippen molar-refractivity contribution in [2.24, 2.45) is 0 Å². The van der Waals surface area contributed by atoms with E-state index in [9.17, 15) is 4.79 Å². The van der Waals surface area contributed by atoms with E-state index in [0.717, 1.165) is 22.6 Å². The second kappa shape index (κ2) is 6.84. The van der Waals surface area contributed by atoms with Crippen LogP contribution in [-0.2, 0) is 11.2 Å². The third-order valence-corrected chi connectivity index (χ3v) is 4.16. The van der Waals surface area contributed by atoms with Crippen molar-refractivity contribution in [2.75, 3.05) is 19.5 Å². The molecule has 3 rings (SSSR count). The van der Waals surface area contributed by atoms with Gasteiger partial charge in [-0.2, -0.15) is 0 Å². The molecule has 0 saturated carbocycles. The maximum atomic E-state index is 12.5. The molecule has 1 aromatic carbocycles. The molecule has 2 heterocycles. The highest BCUT2D eigenvalue weighted by Crippen LogP contribution is 2.29. The average molecular weight is 339 g/mol. The van der Waals surface area contributed by atoms with Gasteiger partial charge in [-0.1, -0.05) is 6.07 Å². The van der Waals surface area contributed by atoms with E-state index in [0.29, 0.717) is 17.2 Å². The number of carbonyl (C=O) groups excluding carboxylic acids is 1. The minimum absolute atomic E-state index is 0.130. The summed E-state index contributed by atoms with van der Waals surface area (Å²) in [5.74, 6) is 1.09. The van der Waals surface area contributed by atoms with Crippen LogP contribution in [0.25, 0.3) is 5.65 Å². The molecule has 130 valence electrons. The van der Waals surface area contributed by atoms with E-state index in [1.54, 1.807) is 32.4 Å². The van der Waals surface area contributed by atoms with Crippen molar-refractivity contribution in [1.82, 2.24) is 9.38 Å². The molecule has 1 N–H and O–H groups in total. The largest absolute Gasteiger partial charge is 0.497 e. The summed E-state index contributed by atoms with van der Waals surface area (Å²) in [6.07, 6.45) is 2.16. The fraction of sp³-hybridized carbons (Fsp3) is 0.263. The van der Waals surface area contributed by atoms with Gasteiger partial charge in [0.25, 0.3) is 0 Å². The van der Waals surface area contributed by atoms with Crippen molar-refractivity contribution in [3.05, 3.63) is 53.5 Å². The number of rotatable bonds is 5. The summed E-state index contributed by atoms with van der Waals surface area (Å²) in [6, 6.07) is 9.24. The van der Waals surface area contributed by atoms with Gasteiger partial charge < -0.3 is 19.2 Å². The van der Waals surface area contributed by atoms with Crippen LogP contribution in [0.3, 0.4) is 0 Å². The summed E-state index contributed by atoms with van der Waals surface area (Å²) in [7, 11) is 3.14. The maximum absolute atomic E-state index is 12.5. The van der Waals surface area contributed by atoms with Crippen LogP contribution >= 0.6 is 0 Å². The number of fused-ring (bicyclic) bond motifs is 1. The molecule has 6 nitrogen and oxygen atoms in total. The van der Waals surface area contributed by atoms with Gasteiger partial charge in [-0.15, -0.1) is 0 Å². The van der Waals surface area contributed by atoms with Crippen molar-refractivity contribution in [3.63, 3.8) is 0 Å². The number of benzene rings is 1. The Balaban J connectivity index is 1.84. The molecule has 0 radical (unpaired) electrons. The fourth-order valence-corrected chi connectivity index (χ4v) is 2.83. The van der Waals surface area contributed by atoms with Gasteiger partial charge in [0.15, 0.2) is 0 Å². The highest BCUT2D eigenvalue weighted by atomic mass is 16.5. The molecule has 6 heteroatoms. The summed E-state index contributed by atoms with van der Waals surface area (Å²) < 4.78 is 12.5. The zero-order valence-electron chi connectivity index (χ0n) is 14.8. The third-order valence-electron chi connectivity index (χ3n) is 4.16. The number of anilines is 1. The Kier molecular flexibility index (Phi) is 4.61. The number of amides is 1. The van der Waals surface area contributed by atoms with Gasteiger partial charge in [-0.3, -0.25) is 4.79 Å². The fourth-order valence-electron chi connectivity index (χ4n) is 2.83. The van der Waals surface area contributed by atoms with Crippen molar-refractivity contribution >= 4 is 17.2 Å². The monoisotopic (exact) mass is 339 g/mol. The van der Waals surface area contributed by atoms with E-state index in [4.69, 9.17) is 9.47 Å². The minimum atomic E-state index is -0.130. The molecule has 0 aliphatic heterocycles. The predicted molar refractivity (Wildman–Crippen MR) is 96.5 cm³/mol. The standard InChI is InChI=1S/C19H21N3O3/c1-12-6-5-9-22-16(13(2)20-19(12)22)11-18(23)21-15-8-7-14(24-3)10-17(15)25-4/h5-10H,11H2,1-4H3,(H,21,23). The molecular formula is C19H21N3O3. The van der Waals surface area contributed by atoms with E-state index < -0.39 is 0 Å². The predicted octanol–water partition coefficient (Wildman–Crippen LogP) is 3.15. The van der Waals surface area contributed by atoms with Gasteiger partial charge in [0.2, 0.25) is 5.91 Å². The smallest absolute Gasteiger partial charge is 0.230 e. The lowest BCUT2D eigenvalue weighted by molar-refractivity contribution is -0.115. The highest BCUT2D eigenvalue weighted by molar-refractivity contribution is 5.93. The van der Waals surface area contributed by atoms with E-state index >= 15 is 0 Å². The average Bonchev–Trinajstić information content (AvgIpc) is 2.92. The number of ether oxygens (including phenoxy) is 2. The van der Waals surface area contributed by atoms with Gasteiger partial charge >= 0.3 is 0 Å². The number of nitrogens with zero attached hydrogens (tertiary/aromatic N) is 2. The minimum Gasteiger partial charge on any atom is -0.497 e. The molecule has 2 aromatic heterocycles. The third kappa shape index (κ3) is 3.28. The Hall–Kier alpha value is -3.02. The van der Waals surface area contributed by atoms with Crippen LogP contribution in [-0.4, -0.2) is 29.5 Å². The van der Waals surface area contributed by atoms with Crippen LogP contribution in [0.5, 0.6) is 11.5 Å². The summed E-state index contributed by atoms with van der Waals surface area (Å²) in [4.78, 5) is 17.1. The first-order valence-corrected chi connectivity index (χ1v) is 7.98. The Morgan fingerprint density at radius 2 is 2.00 bits per heavy atom. The normalized spacial score (nSPS) is 10.7. The second-order valence-corrected chi connectivity index (χ2v) is 5.82. The van der Waals surface area contributed by atoms with Crippen molar-refractivity contribution < 1.29 is 14.3 Å². The van der Waals surface area contributed by atoms with Crippen molar-refractivity contribution in [2.45, 2.75) is 20.3 Å². The molecule has 3 aromatic rings. The van der Waals surface area contributed by atoms with Crippen molar-refractivity contribution in [3.8, 4) is 11.5 Å². The molecule has 0 atom stereocenters. The number of imidazole rings is 1. The second-order valence-electron chi connectivity index (χ2n) is 5.82. The number of aryl methyl sites for hydroxylation is 2. The molecule has 1 amide bonds. The number of pyridine rings is 1. The molecule has 0 saturated heterocycles.